The lowest BCUT2D eigenvalue weighted by Gasteiger charge is -2.33. The van der Waals surface area contributed by atoms with E-state index in [1.807, 2.05) is 0 Å². The molecule has 2 aromatic rings. The number of carbonyl (C=O) groups excluding carboxylic acids is 1. The van der Waals surface area contributed by atoms with E-state index in [1.54, 1.807) is 48.5 Å². The van der Waals surface area contributed by atoms with Gasteiger partial charge in [0, 0.05) is 11.6 Å². The van der Waals surface area contributed by atoms with Crippen molar-refractivity contribution in [3.05, 3.63) is 53.6 Å². The van der Waals surface area contributed by atoms with E-state index in [0.717, 1.165) is 12.8 Å². The average Bonchev–Trinajstić information content (AvgIpc) is 2.69. The SMILES string of the molecule is COc1ccc(Cl)cc1NC(=O)C1CCCCN1S(=O)(=O)c1ccccc1. The number of carbonyl (C=O) groups is 1. The third-order valence-electron chi connectivity index (χ3n) is 4.53. The maximum absolute atomic E-state index is 13.0. The first-order valence-electron chi connectivity index (χ1n) is 8.65. The summed E-state index contributed by atoms with van der Waals surface area (Å²) in [5, 5.41) is 3.22. The second kappa shape index (κ2) is 8.29. The van der Waals surface area contributed by atoms with Crippen LogP contribution in [-0.2, 0) is 14.8 Å². The summed E-state index contributed by atoms with van der Waals surface area (Å²) < 4.78 is 32.6. The number of rotatable bonds is 5. The minimum Gasteiger partial charge on any atom is -0.495 e. The summed E-state index contributed by atoms with van der Waals surface area (Å²) >= 11 is 6.01. The fourth-order valence-corrected chi connectivity index (χ4v) is 5.03. The molecule has 8 heteroatoms. The van der Waals surface area contributed by atoms with Crippen molar-refractivity contribution < 1.29 is 17.9 Å². The van der Waals surface area contributed by atoms with Gasteiger partial charge in [0.15, 0.2) is 0 Å². The number of hydrogen-bond donors (Lipinski definition) is 1. The number of sulfonamides is 1. The Balaban J connectivity index is 1.88. The van der Waals surface area contributed by atoms with Crippen LogP contribution in [0.5, 0.6) is 5.75 Å². The van der Waals surface area contributed by atoms with Crippen molar-refractivity contribution in [2.24, 2.45) is 0 Å². The first-order chi connectivity index (χ1) is 12.9. The number of amides is 1. The molecule has 1 atom stereocenters. The molecule has 1 amide bonds. The Labute approximate surface area is 164 Å². The number of piperidine rings is 1. The van der Waals surface area contributed by atoms with Crippen LogP contribution in [0.15, 0.2) is 53.4 Å². The predicted octanol–water partition coefficient (Wildman–Crippen LogP) is 3.53. The average molecular weight is 409 g/mol. The van der Waals surface area contributed by atoms with Gasteiger partial charge in [0.05, 0.1) is 17.7 Å². The van der Waals surface area contributed by atoms with Crippen molar-refractivity contribution in [2.75, 3.05) is 19.0 Å². The molecule has 0 aliphatic carbocycles. The van der Waals surface area contributed by atoms with Crippen molar-refractivity contribution in [3.63, 3.8) is 0 Å². The number of ether oxygens (including phenoxy) is 1. The van der Waals surface area contributed by atoms with Crippen LogP contribution in [0.2, 0.25) is 5.02 Å². The number of nitrogens with zero attached hydrogens (tertiary/aromatic N) is 1. The molecule has 3 rings (SSSR count). The van der Waals surface area contributed by atoms with E-state index in [9.17, 15) is 13.2 Å². The van der Waals surface area contributed by atoms with Gasteiger partial charge >= 0.3 is 0 Å². The van der Waals surface area contributed by atoms with Crippen molar-refractivity contribution in [1.29, 1.82) is 0 Å². The summed E-state index contributed by atoms with van der Waals surface area (Å²) in [6.07, 6.45) is 1.96. The number of halogens is 1. The van der Waals surface area contributed by atoms with Gasteiger partial charge in [-0.1, -0.05) is 36.2 Å². The first-order valence-corrected chi connectivity index (χ1v) is 10.5. The van der Waals surface area contributed by atoms with Gasteiger partial charge in [0.2, 0.25) is 15.9 Å². The molecule has 1 fully saturated rings. The van der Waals surface area contributed by atoms with E-state index in [1.165, 1.54) is 11.4 Å². The molecule has 0 aromatic heterocycles. The number of anilines is 1. The van der Waals surface area contributed by atoms with Gasteiger partial charge in [-0.2, -0.15) is 4.31 Å². The Hall–Kier alpha value is -2.09. The standard InChI is InChI=1S/C19H21ClN2O4S/c1-26-18-11-10-14(20)13-16(18)21-19(23)17-9-5-6-12-22(17)27(24,25)15-7-3-2-4-8-15/h2-4,7-8,10-11,13,17H,5-6,9,12H2,1H3,(H,21,23). The van der Waals surface area contributed by atoms with Gasteiger partial charge in [0.1, 0.15) is 11.8 Å². The Morgan fingerprint density at radius 1 is 1.19 bits per heavy atom. The molecule has 1 saturated heterocycles. The number of methoxy groups -OCH3 is 1. The zero-order valence-electron chi connectivity index (χ0n) is 14.9. The highest BCUT2D eigenvalue weighted by Crippen LogP contribution is 2.30. The van der Waals surface area contributed by atoms with Crippen LogP contribution >= 0.6 is 11.6 Å². The molecule has 1 aliphatic heterocycles. The lowest BCUT2D eigenvalue weighted by molar-refractivity contribution is -0.120. The van der Waals surface area contributed by atoms with E-state index >= 15 is 0 Å². The van der Waals surface area contributed by atoms with E-state index in [2.05, 4.69) is 5.32 Å². The van der Waals surface area contributed by atoms with Gasteiger partial charge in [-0.25, -0.2) is 8.42 Å². The van der Waals surface area contributed by atoms with Crippen LogP contribution in [0.4, 0.5) is 5.69 Å². The van der Waals surface area contributed by atoms with E-state index in [4.69, 9.17) is 16.3 Å². The molecule has 1 aliphatic rings. The third kappa shape index (κ3) is 4.26. The number of hydrogen-bond acceptors (Lipinski definition) is 4. The van der Waals surface area contributed by atoms with Crippen LogP contribution in [0.1, 0.15) is 19.3 Å². The molecule has 1 unspecified atom stereocenters. The lowest BCUT2D eigenvalue weighted by Crippen LogP contribution is -2.49. The zero-order valence-corrected chi connectivity index (χ0v) is 16.5. The van der Waals surface area contributed by atoms with Crippen LogP contribution in [0.25, 0.3) is 0 Å². The van der Waals surface area contributed by atoms with E-state index in [-0.39, 0.29) is 4.90 Å². The monoisotopic (exact) mass is 408 g/mol. The fraction of sp³-hybridized carbons (Fsp3) is 0.316. The molecule has 0 bridgehead atoms. The third-order valence-corrected chi connectivity index (χ3v) is 6.68. The molecule has 0 saturated carbocycles. The van der Waals surface area contributed by atoms with E-state index in [0.29, 0.717) is 29.4 Å². The Kier molecular flexibility index (Phi) is 6.04. The van der Waals surface area contributed by atoms with Crippen molar-refractivity contribution in [2.45, 2.75) is 30.2 Å². The largest absolute Gasteiger partial charge is 0.495 e. The molecule has 144 valence electrons. The van der Waals surface area contributed by atoms with Gasteiger partial charge < -0.3 is 10.1 Å². The summed E-state index contributed by atoms with van der Waals surface area (Å²) in [7, 11) is -2.27. The number of benzene rings is 2. The normalized spacial score (nSPS) is 18.1. The minimum absolute atomic E-state index is 0.185. The molecule has 6 nitrogen and oxygen atoms in total. The summed E-state index contributed by atoms with van der Waals surface area (Å²) in [6.45, 7) is 0.308. The van der Waals surface area contributed by atoms with Gasteiger partial charge in [-0.05, 0) is 43.2 Å². The smallest absolute Gasteiger partial charge is 0.243 e. The predicted molar refractivity (Wildman–Crippen MR) is 105 cm³/mol. The number of nitrogens with one attached hydrogen (secondary N) is 1. The van der Waals surface area contributed by atoms with Crippen molar-refractivity contribution in [1.82, 2.24) is 4.31 Å². The second-order valence-corrected chi connectivity index (χ2v) is 8.60. The molecular formula is C19H21ClN2O4S. The maximum atomic E-state index is 13.0. The molecule has 0 spiro atoms. The fourth-order valence-electron chi connectivity index (χ4n) is 3.18. The highest BCUT2D eigenvalue weighted by atomic mass is 35.5. The highest BCUT2D eigenvalue weighted by molar-refractivity contribution is 7.89. The Morgan fingerprint density at radius 2 is 1.93 bits per heavy atom. The zero-order chi connectivity index (χ0) is 19.4. The van der Waals surface area contributed by atoms with Crippen LogP contribution < -0.4 is 10.1 Å². The van der Waals surface area contributed by atoms with Crippen LogP contribution in [-0.4, -0.2) is 38.3 Å². The molecule has 0 radical (unpaired) electrons. The maximum Gasteiger partial charge on any atom is 0.243 e. The van der Waals surface area contributed by atoms with Gasteiger partial charge in [0.25, 0.3) is 0 Å². The molecule has 2 aromatic carbocycles. The van der Waals surface area contributed by atoms with Gasteiger partial charge in [-0.3, -0.25) is 4.79 Å². The highest BCUT2D eigenvalue weighted by Gasteiger charge is 2.37. The van der Waals surface area contributed by atoms with E-state index < -0.39 is 22.0 Å². The molecular weight excluding hydrogens is 388 g/mol. The Bertz CT molecular complexity index is 919. The summed E-state index contributed by atoms with van der Waals surface area (Å²) in [6, 6.07) is 12.3. The van der Waals surface area contributed by atoms with Crippen molar-refractivity contribution >= 4 is 33.2 Å². The molecule has 1 heterocycles. The van der Waals surface area contributed by atoms with Gasteiger partial charge in [-0.15, -0.1) is 0 Å². The lowest BCUT2D eigenvalue weighted by atomic mass is 10.0. The van der Waals surface area contributed by atoms with Crippen LogP contribution in [0, 0.1) is 0 Å². The topological polar surface area (TPSA) is 75.7 Å². The molecule has 27 heavy (non-hydrogen) atoms. The minimum atomic E-state index is -3.76. The summed E-state index contributed by atoms with van der Waals surface area (Å²) in [5.41, 5.74) is 0.414. The Morgan fingerprint density at radius 3 is 2.63 bits per heavy atom. The first kappa shape index (κ1) is 19.7. The van der Waals surface area contributed by atoms with Crippen LogP contribution in [0.3, 0.4) is 0 Å². The summed E-state index contributed by atoms with van der Waals surface area (Å²) in [5.74, 6) is 0.0656. The molecule has 1 N–H and O–H groups in total. The van der Waals surface area contributed by atoms with Crippen molar-refractivity contribution in [3.8, 4) is 5.75 Å². The quantitative estimate of drug-likeness (QED) is 0.821. The second-order valence-electron chi connectivity index (χ2n) is 6.27. The summed E-state index contributed by atoms with van der Waals surface area (Å²) in [4.78, 5) is 13.1.